The lowest BCUT2D eigenvalue weighted by Crippen LogP contribution is -2.37. The molecule has 1 aromatic carbocycles. The van der Waals surface area contributed by atoms with Gasteiger partial charge in [0.2, 0.25) is 0 Å². The van der Waals surface area contributed by atoms with Gasteiger partial charge < -0.3 is 5.32 Å². The molecule has 2 unspecified atom stereocenters. The van der Waals surface area contributed by atoms with Crippen molar-refractivity contribution in [1.82, 2.24) is 15.1 Å². The standard InChI is InChI=1S/C18H25N3/c1-2-15-8-6-7-11-18(15)19-14-16-12-13-21(20-16)17-9-4-3-5-10-17/h3-5,9-10,12-13,15,18-19H,2,6-8,11,14H2,1H3. The molecule has 1 fully saturated rings. The second-order valence-electron chi connectivity index (χ2n) is 6.03. The van der Waals surface area contributed by atoms with E-state index < -0.39 is 0 Å². The summed E-state index contributed by atoms with van der Waals surface area (Å²) in [6.45, 7) is 3.19. The number of rotatable bonds is 5. The molecule has 0 bridgehead atoms. The molecule has 1 heterocycles. The Bertz CT molecular complexity index is 547. The highest BCUT2D eigenvalue weighted by molar-refractivity contribution is 5.30. The van der Waals surface area contributed by atoms with Crippen LogP contribution in [0, 0.1) is 5.92 Å². The molecule has 0 radical (unpaired) electrons. The molecule has 0 spiro atoms. The zero-order valence-electron chi connectivity index (χ0n) is 12.8. The molecule has 2 atom stereocenters. The maximum atomic E-state index is 4.67. The molecule has 1 aliphatic rings. The molecule has 1 N–H and O–H groups in total. The average molecular weight is 283 g/mol. The van der Waals surface area contributed by atoms with Gasteiger partial charge in [-0.1, -0.05) is 44.4 Å². The maximum absolute atomic E-state index is 4.67. The highest BCUT2D eigenvalue weighted by Gasteiger charge is 2.23. The van der Waals surface area contributed by atoms with Crippen LogP contribution in [0.1, 0.15) is 44.7 Å². The Morgan fingerprint density at radius 3 is 2.76 bits per heavy atom. The van der Waals surface area contributed by atoms with Crippen LogP contribution in [0.2, 0.25) is 0 Å². The minimum absolute atomic E-state index is 0.672. The van der Waals surface area contributed by atoms with Crippen molar-refractivity contribution < 1.29 is 0 Å². The summed E-state index contributed by atoms with van der Waals surface area (Å²) in [6.07, 6.45) is 8.80. The molecule has 3 heteroatoms. The van der Waals surface area contributed by atoms with Gasteiger partial charge in [-0.2, -0.15) is 5.10 Å². The first kappa shape index (κ1) is 14.3. The van der Waals surface area contributed by atoms with Crippen LogP contribution in [0.25, 0.3) is 5.69 Å². The predicted octanol–water partition coefficient (Wildman–Crippen LogP) is 3.93. The van der Waals surface area contributed by atoms with Gasteiger partial charge >= 0.3 is 0 Å². The van der Waals surface area contributed by atoms with Crippen molar-refractivity contribution in [2.45, 2.75) is 51.6 Å². The largest absolute Gasteiger partial charge is 0.308 e. The van der Waals surface area contributed by atoms with Crippen LogP contribution in [-0.2, 0) is 6.54 Å². The van der Waals surface area contributed by atoms with Crippen LogP contribution in [0.4, 0.5) is 0 Å². The molecular formula is C18H25N3. The van der Waals surface area contributed by atoms with Crippen LogP contribution in [0.5, 0.6) is 0 Å². The lowest BCUT2D eigenvalue weighted by molar-refractivity contribution is 0.253. The highest BCUT2D eigenvalue weighted by atomic mass is 15.3. The van der Waals surface area contributed by atoms with Crippen molar-refractivity contribution in [2.24, 2.45) is 5.92 Å². The number of hydrogen-bond acceptors (Lipinski definition) is 2. The smallest absolute Gasteiger partial charge is 0.0766 e. The van der Waals surface area contributed by atoms with Crippen LogP contribution in [0.15, 0.2) is 42.6 Å². The minimum atomic E-state index is 0.672. The summed E-state index contributed by atoms with van der Waals surface area (Å²) in [4.78, 5) is 0. The van der Waals surface area contributed by atoms with Crippen LogP contribution >= 0.6 is 0 Å². The summed E-state index contributed by atoms with van der Waals surface area (Å²) in [6, 6.07) is 13.1. The van der Waals surface area contributed by atoms with E-state index in [1.54, 1.807) is 0 Å². The Labute approximate surface area is 127 Å². The van der Waals surface area contributed by atoms with E-state index in [0.29, 0.717) is 6.04 Å². The Kier molecular flexibility index (Phi) is 4.71. The van der Waals surface area contributed by atoms with Gasteiger partial charge in [0.25, 0.3) is 0 Å². The van der Waals surface area contributed by atoms with Crippen LogP contribution < -0.4 is 5.32 Å². The van der Waals surface area contributed by atoms with Crippen molar-refractivity contribution in [3.05, 3.63) is 48.3 Å². The minimum Gasteiger partial charge on any atom is -0.308 e. The molecule has 0 saturated heterocycles. The first-order valence-corrected chi connectivity index (χ1v) is 8.20. The number of aromatic nitrogens is 2. The second-order valence-corrected chi connectivity index (χ2v) is 6.03. The maximum Gasteiger partial charge on any atom is 0.0766 e. The van der Waals surface area contributed by atoms with E-state index in [1.165, 1.54) is 32.1 Å². The number of hydrogen-bond donors (Lipinski definition) is 1. The average Bonchev–Trinajstić information content (AvgIpc) is 3.03. The summed E-state index contributed by atoms with van der Waals surface area (Å²) >= 11 is 0. The summed E-state index contributed by atoms with van der Waals surface area (Å²) in [7, 11) is 0. The van der Waals surface area contributed by atoms with Crippen molar-refractivity contribution in [2.75, 3.05) is 0 Å². The number of benzene rings is 1. The van der Waals surface area contributed by atoms with Crippen LogP contribution in [0.3, 0.4) is 0 Å². The Morgan fingerprint density at radius 2 is 1.95 bits per heavy atom. The normalized spacial score (nSPS) is 22.3. The molecule has 1 aromatic heterocycles. The highest BCUT2D eigenvalue weighted by Crippen LogP contribution is 2.26. The number of nitrogens with one attached hydrogen (secondary N) is 1. The third kappa shape index (κ3) is 3.53. The van der Waals surface area contributed by atoms with Crippen molar-refractivity contribution in [3.63, 3.8) is 0 Å². The lowest BCUT2D eigenvalue weighted by atomic mass is 9.83. The molecule has 21 heavy (non-hydrogen) atoms. The SMILES string of the molecule is CCC1CCCCC1NCc1ccn(-c2ccccc2)n1. The first-order chi connectivity index (χ1) is 10.4. The van der Waals surface area contributed by atoms with Gasteiger partial charge in [-0.25, -0.2) is 4.68 Å². The van der Waals surface area contributed by atoms with E-state index >= 15 is 0 Å². The van der Waals surface area contributed by atoms with E-state index in [9.17, 15) is 0 Å². The fourth-order valence-corrected chi connectivity index (χ4v) is 3.38. The summed E-state index contributed by atoms with van der Waals surface area (Å²) in [5, 5.41) is 8.40. The second kappa shape index (κ2) is 6.90. The van der Waals surface area contributed by atoms with Gasteiger partial charge in [-0.15, -0.1) is 0 Å². The number of para-hydroxylation sites is 1. The monoisotopic (exact) mass is 283 g/mol. The van der Waals surface area contributed by atoms with Crippen molar-refractivity contribution >= 4 is 0 Å². The topological polar surface area (TPSA) is 29.9 Å². The molecule has 3 rings (SSSR count). The Hall–Kier alpha value is -1.61. The predicted molar refractivity (Wildman–Crippen MR) is 86.4 cm³/mol. The molecule has 0 amide bonds. The summed E-state index contributed by atoms with van der Waals surface area (Å²) in [5.41, 5.74) is 2.24. The van der Waals surface area contributed by atoms with Crippen molar-refractivity contribution in [3.8, 4) is 5.69 Å². The molecule has 112 valence electrons. The molecule has 1 aliphatic carbocycles. The fourth-order valence-electron chi connectivity index (χ4n) is 3.38. The van der Waals surface area contributed by atoms with Gasteiger partial charge in [0, 0.05) is 18.8 Å². The lowest BCUT2D eigenvalue weighted by Gasteiger charge is -2.31. The number of nitrogens with zero attached hydrogens (tertiary/aromatic N) is 2. The van der Waals surface area contributed by atoms with E-state index in [0.717, 1.165) is 23.8 Å². The van der Waals surface area contributed by atoms with Crippen molar-refractivity contribution in [1.29, 1.82) is 0 Å². The third-order valence-corrected chi connectivity index (χ3v) is 4.64. The quantitative estimate of drug-likeness (QED) is 0.901. The zero-order valence-corrected chi connectivity index (χ0v) is 12.8. The molecular weight excluding hydrogens is 258 g/mol. The van der Waals surface area contributed by atoms with E-state index in [1.807, 2.05) is 29.1 Å². The van der Waals surface area contributed by atoms with E-state index in [2.05, 4.69) is 35.5 Å². The van der Waals surface area contributed by atoms with E-state index in [4.69, 9.17) is 0 Å². The molecule has 0 aliphatic heterocycles. The first-order valence-electron chi connectivity index (χ1n) is 8.20. The van der Waals surface area contributed by atoms with Gasteiger partial charge in [-0.05, 0) is 37.0 Å². The van der Waals surface area contributed by atoms with Gasteiger partial charge in [-0.3, -0.25) is 0 Å². The Balaban J connectivity index is 1.60. The third-order valence-electron chi connectivity index (χ3n) is 4.64. The molecule has 1 saturated carbocycles. The van der Waals surface area contributed by atoms with Gasteiger partial charge in [0.15, 0.2) is 0 Å². The molecule has 2 aromatic rings. The van der Waals surface area contributed by atoms with Gasteiger partial charge in [0.05, 0.1) is 11.4 Å². The summed E-state index contributed by atoms with van der Waals surface area (Å²) < 4.78 is 1.95. The van der Waals surface area contributed by atoms with Gasteiger partial charge in [0.1, 0.15) is 0 Å². The Morgan fingerprint density at radius 1 is 1.14 bits per heavy atom. The summed E-state index contributed by atoms with van der Waals surface area (Å²) in [5.74, 6) is 0.843. The fraction of sp³-hybridized carbons (Fsp3) is 0.500. The zero-order chi connectivity index (χ0) is 14.5. The van der Waals surface area contributed by atoms with Crippen LogP contribution in [-0.4, -0.2) is 15.8 Å². The van der Waals surface area contributed by atoms with E-state index in [-0.39, 0.29) is 0 Å². The molecule has 3 nitrogen and oxygen atoms in total.